The maximum absolute atomic E-state index is 14.6. The number of amides is 1. The van der Waals surface area contributed by atoms with Gasteiger partial charge < -0.3 is 15.0 Å². The van der Waals surface area contributed by atoms with Gasteiger partial charge in [-0.15, -0.1) is 0 Å². The van der Waals surface area contributed by atoms with Crippen molar-refractivity contribution >= 4 is 22.6 Å². The number of anilines is 1. The third kappa shape index (κ3) is 4.37. The number of morpholine rings is 1. The summed E-state index contributed by atoms with van der Waals surface area (Å²) >= 11 is 0. The number of hydrogen-bond acceptors (Lipinski definition) is 6. The Morgan fingerprint density at radius 2 is 1.93 bits per heavy atom. The molecule has 7 nitrogen and oxygen atoms in total. The quantitative estimate of drug-likeness (QED) is 0.818. The first-order valence-corrected chi connectivity index (χ1v) is 10.3. The molecule has 2 unspecified atom stereocenters. The molecule has 2 aromatic rings. The number of aryl methyl sites for hydroxylation is 1. The third-order valence-corrected chi connectivity index (χ3v) is 5.87. The number of benzene rings is 1. The van der Waals surface area contributed by atoms with E-state index in [2.05, 4.69) is 15.3 Å². The number of nitrogens with zero attached hydrogens (tertiary/aromatic N) is 4. The molecule has 2 aliphatic heterocycles. The van der Waals surface area contributed by atoms with Gasteiger partial charge >= 0.3 is 0 Å². The van der Waals surface area contributed by atoms with E-state index in [1.165, 1.54) is 0 Å². The van der Waals surface area contributed by atoms with E-state index in [1.54, 1.807) is 17.3 Å². The lowest BCUT2D eigenvalue weighted by Gasteiger charge is -2.40. The van der Waals surface area contributed by atoms with Crippen molar-refractivity contribution in [1.82, 2.24) is 20.2 Å². The zero-order chi connectivity index (χ0) is 21.3. The SMILES string of the molecule is Cc1ccc(N2CC(NC(=O)C(C)N3CCOCC3)CC(F)(F)C2)c2nccnc12. The van der Waals surface area contributed by atoms with Gasteiger partial charge in [0.25, 0.3) is 5.92 Å². The van der Waals surface area contributed by atoms with Crippen LogP contribution in [0.4, 0.5) is 14.5 Å². The van der Waals surface area contributed by atoms with Crippen molar-refractivity contribution in [1.29, 1.82) is 0 Å². The second-order valence-corrected chi connectivity index (χ2v) is 8.13. The van der Waals surface area contributed by atoms with E-state index in [0.29, 0.717) is 49.6 Å². The van der Waals surface area contributed by atoms with E-state index in [1.807, 2.05) is 30.9 Å². The number of rotatable bonds is 4. The minimum atomic E-state index is -2.92. The Morgan fingerprint density at radius 3 is 2.67 bits per heavy atom. The van der Waals surface area contributed by atoms with Crippen LogP contribution in [0.1, 0.15) is 18.9 Å². The summed E-state index contributed by atoms with van der Waals surface area (Å²) in [7, 11) is 0. The van der Waals surface area contributed by atoms with E-state index in [4.69, 9.17) is 4.74 Å². The molecule has 2 saturated heterocycles. The van der Waals surface area contributed by atoms with Gasteiger partial charge in [0, 0.05) is 38.4 Å². The van der Waals surface area contributed by atoms with Crippen LogP contribution in [0.2, 0.25) is 0 Å². The average Bonchev–Trinajstić information content (AvgIpc) is 2.73. The molecule has 0 bridgehead atoms. The lowest BCUT2D eigenvalue weighted by atomic mass is 10.00. The Morgan fingerprint density at radius 1 is 1.23 bits per heavy atom. The normalized spacial score (nSPS) is 23.3. The third-order valence-electron chi connectivity index (χ3n) is 5.87. The van der Waals surface area contributed by atoms with Gasteiger partial charge in [-0.05, 0) is 25.5 Å². The fraction of sp³-hybridized carbons (Fsp3) is 0.571. The Hall–Kier alpha value is -2.39. The maximum Gasteiger partial charge on any atom is 0.267 e. The van der Waals surface area contributed by atoms with Crippen molar-refractivity contribution in [3.63, 3.8) is 0 Å². The number of ether oxygens (including phenoxy) is 1. The summed E-state index contributed by atoms with van der Waals surface area (Å²) in [6.45, 7) is 6.09. The van der Waals surface area contributed by atoms with Crippen molar-refractivity contribution < 1.29 is 18.3 Å². The number of carbonyl (C=O) groups excluding carboxylic acids is 1. The highest BCUT2D eigenvalue weighted by Gasteiger charge is 2.42. The summed E-state index contributed by atoms with van der Waals surface area (Å²) in [4.78, 5) is 25.1. The molecule has 1 N–H and O–H groups in total. The Balaban J connectivity index is 1.53. The Bertz CT molecular complexity index is 919. The summed E-state index contributed by atoms with van der Waals surface area (Å²) in [6, 6.07) is 2.64. The summed E-state index contributed by atoms with van der Waals surface area (Å²) in [5.74, 6) is -3.15. The molecular formula is C21H27F2N5O2. The van der Waals surface area contributed by atoms with Crippen LogP contribution in [0.15, 0.2) is 24.5 Å². The molecule has 30 heavy (non-hydrogen) atoms. The van der Waals surface area contributed by atoms with Gasteiger partial charge in [-0.1, -0.05) is 6.07 Å². The number of carbonyl (C=O) groups is 1. The van der Waals surface area contributed by atoms with Gasteiger partial charge in [0.15, 0.2) is 0 Å². The summed E-state index contributed by atoms with van der Waals surface area (Å²) in [5, 5.41) is 2.85. The lowest BCUT2D eigenvalue weighted by Crippen LogP contribution is -2.58. The summed E-state index contributed by atoms with van der Waals surface area (Å²) in [6.07, 6.45) is 2.79. The molecule has 1 amide bonds. The summed E-state index contributed by atoms with van der Waals surface area (Å²) < 4.78 is 34.6. The van der Waals surface area contributed by atoms with E-state index < -0.39 is 18.5 Å². The van der Waals surface area contributed by atoms with Crippen molar-refractivity contribution in [2.75, 3.05) is 44.3 Å². The van der Waals surface area contributed by atoms with Gasteiger partial charge in [-0.3, -0.25) is 19.7 Å². The predicted octanol–water partition coefficient (Wildman–Crippen LogP) is 1.99. The second kappa shape index (κ2) is 8.39. The highest BCUT2D eigenvalue weighted by Crippen LogP contribution is 2.33. The van der Waals surface area contributed by atoms with E-state index >= 15 is 0 Å². The van der Waals surface area contributed by atoms with Gasteiger partial charge in [0.2, 0.25) is 5.91 Å². The van der Waals surface area contributed by atoms with E-state index in [9.17, 15) is 13.6 Å². The number of fused-ring (bicyclic) bond motifs is 1. The second-order valence-electron chi connectivity index (χ2n) is 8.13. The van der Waals surface area contributed by atoms with Crippen LogP contribution in [0, 0.1) is 6.92 Å². The van der Waals surface area contributed by atoms with Gasteiger partial charge in [0.05, 0.1) is 43.0 Å². The highest BCUT2D eigenvalue weighted by molar-refractivity contribution is 5.90. The van der Waals surface area contributed by atoms with Crippen LogP contribution in [0.25, 0.3) is 11.0 Å². The largest absolute Gasteiger partial charge is 0.379 e. The van der Waals surface area contributed by atoms with Gasteiger partial charge in [0.1, 0.15) is 5.52 Å². The van der Waals surface area contributed by atoms with E-state index in [0.717, 1.165) is 5.56 Å². The molecule has 0 aliphatic carbocycles. The van der Waals surface area contributed by atoms with Gasteiger partial charge in [-0.2, -0.15) is 0 Å². The Kier molecular flexibility index (Phi) is 5.84. The van der Waals surface area contributed by atoms with Crippen LogP contribution in [0.5, 0.6) is 0 Å². The standard InChI is InChI=1S/C21H27F2N5O2/c1-14-3-4-17(19-18(14)24-5-6-25-19)28-12-16(11-21(22,23)13-28)26-20(29)15(2)27-7-9-30-10-8-27/h3-6,15-16H,7-13H2,1-2H3,(H,26,29). The zero-order valence-electron chi connectivity index (χ0n) is 17.3. The monoisotopic (exact) mass is 419 g/mol. The van der Waals surface area contributed by atoms with Crippen LogP contribution in [0.3, 0.4) is 0 Å². The molecular weight excluding hydrogens is 392 g/mol. The van der Waals surface area contributed by atoms with Crippen molar-refractivity contribution in [2.45, 2.75) is 38.3 Å². The molecule has 0 radical (unpaired) electrons. The number of alkyl halides is 2. The smallest absolute Gasteiger partial charge is 0.267 e. The predicted molar refractivity (Wildman–Crippen MR) is 110 cm³/mol. The molecule has 1 aromatic carbocycles. The number of nitrogens with one attached hydrogen (secondary N) is 1. The first-order valence-electron chi connectivity index (χ1n) is 10.3. The molecule has 0 spiro atoms. The lowest BCUT2D eigenvalue weighted by molar-refractivity contribution is -0.129. The maximum atomic E-state index is 14.6. The highest BCUT2D eigenvalue weighted by atomic mass is 19.3. The van der Waals surface area contributed by atoms with E-state index in [-0.39, 0.29) is 18.4 Å². The van der Waals surface area contributed by atoms with Crippen molar-refractivity contribution in [3.8, 4) is 0 Å². The molecule has 4 rings (SSSR count). The fourth-order valence-corrected chi connectivity index (χ4v) is 4.26. The minimum absolute atomic E-state index is 0.229. The molecule has 2 atom stereocenters. The fourth-order valence-electron chi connectivity index (χ4n) is 4.26. The van der Waals surface area contributed by atoms with Crippen LogP contribution < -0.4 is 10.2 Å². The molecule has 2 fully saturated rings. The molecule has 162 valence electrons. The van der Waals surface area contributed by atoms with Crippen LogP contribution >= 0.6 is 0 Å². The van der Waals surface area contributed by atoms with Crippen LogP contribution in [-0.4, -0.2) is 78.2 Å². The first-order chi connectivity index (χ1) is 14.3. The van der Waals surface area contributed by atoms with Gasteiger partial charge in [-0.25, -0.2) is 8.78 Å². The Labute approximate surface area is 174 Å². The molecule has 3 heterocycles. The van der Waals surface area contributed by atoms with Crippen molar-refractivity contribution in [3.05, 3.63) is 30.1 Å². The molecule has 0 saturated carbocycles. The number of piperidine rings is 1. The number of hydrogen-bond donors (Lipinski definition) is 1. The first kappa shape index (κ1) is 20.9. The number of halogens is 2. The summed E-state index contributed by atoms with van der Waals surface area (Å²) in [5.41, 5.74) is 2.85. The minimum Gasteiger partial charge on any atom is -0.379 e. The zero-order valence-corrected chi connectivity index (χ0v) is 17.3. The number of aromatic nitrogens is 2. The topological polar surface area (TPSA) is 70.6 Å². The average molecular weight is 419 g/mol. The van der Waals surface area contributed by atoms with Crippen LogP contribution in [-0.2, 0) is 9.53 Å². The van der Waals surface area contributed by atoms with Crippen molar-refractivity contribution in [2.24, 2.45) is 0 Å². The molecule has 1 aromatic heterocycles. The molecule has 9 heteroatoms. The molecule has 2 aliphatic rings.